The van der Waals surface area contributed by atoms with Gasteiger partial charge in [-0.25, -0.2) is 24.3 Å². The summed E-state index contributed by atoms with van der Waals surface area (Å²) >= 11 is 0. The van der Waals surface area contributed by atoms with Crippen molar-refractivity contribution >= 4 is 5.91 Å². The van der Waals surface area contributed by atoms with Crippen LogP contribution in [0.15, 0.2) is 49.1 Å². The Morgan fingerprint density at radius 1 is 1.10 bits per heavy atom. The van der Waals surface area contributed by atoms with E-state index in [1.54, 1.807) is 29.4 Å². The van der Waals surface area contributed by atoms with Gasteiger partial charge in [-0.2, -0.15) is 0 Å². The average molecular weight is 405 g/mol. The first-order valence-electron chi connectivity index (χ1n) is 9.92. The van der Waals surface area contributed by atoms with Crippen LogP contribution in [0.2, 0.25) is 0 Å². The molecule has 0 radical (unpaired) electrons. The molecule has 152 valence electrons. The Hall–Kier alpha value is -3.42. The molecular weight excluding hydrogens is 385 g/mol. The summed E-state index contributed by atoms with van der Waals surface area (Å²) in [6.45, 7) is 2.54. The number of ether oxygens (including phenoxy) is 1. The lowest BCUT2D eigenvalue weighted by molar-refractivity contribution is 0.0453. The number of fused-ring (bicyclic) bond motifs is 2. The average Bonchev–Trinajstić information content (AvgIpc) is 3.36. The number of benzene rings is 1. The zero-order valence-corrected chi connectivity index (χ0v) is 16.4. The van der Waals surface area contributed by atoms with E-state index in [1.165, 1.54) is 24.5 Å². The fourth-order valence-electron chi connectivity index (χ4n) is 4.42. The van der Waals surface area contributed by atoms with Crippen molar-refractivity contribution in [3.63, 3.8) is 0 Å². The van der Waals surface area contributed by atoms with Crippen molar-refractivity contribution in [2.45, 2.75) is 31.9 Å². The van der Waals surface area contributed by atoms with Gasteiger partial charge in [0.25, 0.3) is 5.91 Å². The van der Waals surface area contributed by atoms with Gasteiger partial charge < -0.3 is 9.64 Å². The number of rotatable bonds is 4. The van der Waals surface area contributed by atoms with Gasteiger partial charge in [0.2, 0.25) is 0 Å². The highest BCUT2D eigenvalue weighted by atomic mass is 19.1. The van der Waals surface area contributed by atoms with Crippen molar-refractivity contribution in [1.29, 1.82) is 0 Å². The monoisotopic (exact) mass is 405 g/mol. The first kappa shape index (κ1) is 18.6. The Bertz CT molecular complexity index is 1080. The number of aromatic nitrogens is 4. The molecule has 0 spiro atoms. The molecule has 3 heterocycles. The molecule has 8 heteroatoms. The predicted molar refractivity (Wildman–Crippen MR) is 106 cm³/mol. The maximum Gasteiger partial charge on any atom is 0.316 e. The molecule has 7 nitrogen and oxygen atoms in total. The minimum Gasteiger partial charge on any atom is -0.458 e. The molecule has 5 rings (SSSR count). The first-order chi connectivity index (χ1) is 14.6. The van der Waals surface area contributed by atoms with E-state index in [2.05, 4.69) is 19.9 Å². The van der Waals surface area contributed by atoms with Gasteiger partial charge >= 0.3 is 6.01 Å². The first-order valence-corrected chi connectivity index (χ1v) is 9.92. The third kappa shape index (κ3) is 3.28. The van der Waals surface area contributed by atoms with Crippen LogP contribution in [0.3, 0.4) is 0 Å². The number of hydrogen-bond donors (Lipinski definition) is 0. The number of hydrogen-bond acceptors (Lipinski definition) is 6. The normalized spacial score (nSPS) is 22.3. The highest BCUT2D eigenvalue weighted by molar-refractivity contribution is 6.00. The molecule has 1 saturated carbocycles. The van der Waals surface area contributed by atoms with Crippen molar-refractivity contribution in [3.05, 3.63) is 66.0 Å². The van der Waals surface area contributed by atoms with Crippen LogP contribution in [0.25, 0.3) is 11.4 Å². The third-order valence-electron chi connectivity index (χ3n) is 5.73. The summed E-state index contributed by atoms with van der Waals surface area (Å²) in [6, 6.07) is 6.36. The van der Waals surface area contributed by atoms with Crippen LogP contribution >= 0.6 is 0 Å². The highest BCUT2D eigenvalue weighted by Gasteiger charge is 2.49. The molecule has 30 heavy (non-hydrogen) atoms. The Balaban J connectivity index is 1.42. The van der Waals surface area contributed by atoms with Crippen LogP contribution in [-0.4, -0.2) is 49.4 Å². The molecule has 2 aromatic heterocycles. The van der Waals surface area contributed by atoms with E-state index in [9.17, 15) is 9.18 Å². The second-order valence-corrected chi connectivity index (χ2v) is 7.80. The highest BCUT2D eigenvalue weighted by Crippen LogP contribution is 2.40. The number of carbonyl (C=O) groups is 1. The summed E-state index contributed by atoms with van der Waals surface area (Å²) in [6.07, 6.45) is 8.01. The standard InChI is InChI=1S/C22H20FN5O2/c1-13-10-26-22(27-11-13)30-18-9-14-8-17(18)28(12-14)21(29)15-4-2-5-16(23)19(15)20-24-6-3-7-25-20/h2-7,10-11,14,17-18H,8-9,12H2,1H3/t14-,17+,18-/m1/s1. The number of amides is 1. The van der Waals surface area contributed by atoms with Crippen LogP contribution in [-0.2, 0) is 0 Å². The molecule has 1 amide bonds. The molecule has 1 aliphatic heterocycles. The molecule has 0 unspecified atom stereocenters. The third-order valence-corrected chi connectivity index (χ3v) is 5.73. The lowest BCUT2D eigenvalue weighted by atomic mass is 10.0. The molecule has 0 N–H and O–H groups in total. The van der Waals surface area contributed by atoms with E-state index in [1.807, 2.05) is 6.92 Å². The summed E-state index contributed by atoms with van der Waals surface area (Å²) in [5.74, 6) is -0.205. The number of carbonyl (C=O) groups excluding carboxylic acids is 1. The van der Waals surface area contributed by atoms with Crippen molar-refractivity contribution in [2.24, 2.45) is 5.92 Å². The zero-order chi connectivity index (χ0) is 20.7. The summed E-state index contributed by atoms with van der Waals surface area (Å²) in [5, 5.41) is 0. The predicted octanol–water partition coefficient (Wildman–Crippen LogP) is 3.06. The Kier molecular flexibility index (Phi) is 4.61. The molecule has 2 fully saturated rings. The summed E-state index contributed by atoms with van der Waals surface area (Å²) in [7, 11) is 0. The largest absolute Gasteiger partial charge is 0.458 e. The number of aryl methyl sites for hydroxylation is 1. The van der Waals surface area contributed by atoms with E-state index in [0.717, 1.165) is 18.4 Å². The smallest absolute Gasteiger partial charge is 0.316 e. The van der Waals surface area contributed by atoms with Crippen LogP contribution in [0, 0.1) is 18.7 Å². The minimum absolute atomic E-state index is 0.0970. The number of halogens is 1. The number of nitrogens with zero attached hydrogens (tertiary/aromatic N) is 5. The fraction of sp³-hybridized carbons (Fsp3) is 0.318. The summed E-state index contributed by atoms with van der Waals surface area (Å²) in [4.78, 5) is 31.9. The van der Waals surface area contributed by atoms with E-state index in [0.29, 0.717) is 18.5 Å². The van der Waals surface area contributed by atoms with Crippen LogP contribution < -0.4 is 4.74 Å². The van der Waals surface area contributed by atoms with Gasteiger partial charge in [0.1, 0.15) is 11.9 Å². The summed E-state index contributed by atoms with van der Waals surface area (Å²) in [5.41, 5.74) is 1.35. The number of likely N-dealkylation sites (tertiary alicyclic amines) is 1. The maximum atomic E-state index is 14.7. The van der Waals surface area contributed by atoms with Gasteiger partial charge in [-0.3, -0.25) is 4.79 Å². The van der Waals surface area contributed by atoms with Gasteiger partial charge in [0.05, 0.1) is 17.2 Å². The Morgan fingerprint density at radius 3 is 2.60 bits per heavy atom. The molecule has 1 aromatic carbocycles. The lowest BCUT2D eigenvalue weighted by Crippen LogP contribution is -2.47. The SMILES string of the molecule is Cc1cnc(O[C@@H]2C[C@H]3C[C@@H]2N(C(=O)c2cccc(F)c2-c2ncccn2)C3)nc1. The van der Waals surface area contributed by atoms with Crippen LogP contribution in [0.4, 0.5) is 4.39 Å². The van der Waals surface area contributed by atoms with Gasteiger partial charge in [-0.05, 0) is 49.4 Å². The van der Waals surface area contributed by atoms with Crippen molar-refractivity contribution in [1.82, 2.24) is 24.8 Å². The van der Waals surface area contributed by atoms with Crippen molar-refractivity contribution in [3.8, 4) is 17.4 Å². The van der Waals surface area contributed by atoms with Gasteiger partial charge in [0.15, 0.2) is 5.82 Å². The Morgan fingerprint density at radius 2 is 1.87 bits per heavy atom. The molecule has 2 aliphatic rings. The topological polar surface area (TPSA) is 81.1 Å². The van der Waals surface area contributed by atoms with Gasteiger partial charge in [-0.1, -0.05) is 6.07 Å². The lowest BCUT2D eigenvalue weighted by Gasteiger charge is -2.33. The number of piperidine rings is 1. The Labute approximate surface area is 173 Å². The van der Waals surface area contributed by atoms with E-state index in [-0.39, 0.29) is 35.0 Å². The van der Waals surface area contributed by atoms with Crippen LogP contribution in [0.1, 0.15) is 28.8 Å². The minimum atomic E-state index is -0.516. The van der Waals surface area contributed by atoms with Crippen molar-refractivity contribution in [2.75, 3.05) is 6.54 Å². The molecule has 1 aliphatic carbocycles. The second kappa shape index (κ2) is 7.44. The maximum absolute atomic E-state index is 14.7. The van der Waals surface area contributed by atoms with Crippen LogP contribution in [0.5, 0.6) is 6.01 Å². The summed E-state index contributed by atoms with van der Waals surface area (Å²) < 4.78 is 20.7. The van der Waals surface area contributed by atoms with E-state index >= 15 is 0 Å². The molecule has 3 atom stereocenters. The second-order valence-electron chi connectivity index (χ2n) is 7.80. The molecule has 2 bridgehead atoms. The van der Waals surface area contributed by atoms with E-state index < -0.39 is 5.82 Å². The quantitative estimate of drug-likeness (QED) is 0.664. The molecule has 1 saturated heterocycles. The molecular formula is C22H20FN5O2. The zero-order valence-electron chi connectivity index (χ0n) is 16.4. The molecule has 3 aromatic rings. The van der Waals surface area contributed by atoms with Crippen molar-refractivity contribution < 1.29 is 13.9 Å². The van der Waals surface area contributed by atoms with Gasteiger partial charge in [-0.15, -0.1) is 0 Å². The van der Waals surface area contributed by atoms with E-state index in [4.69, 9.17) is 4.74 Å². The van der Waals surface area contributed by atoms with Gasteiger partial charge in [0, 0.05) is 31.3 Å². The fourth-order valence-corrected chi connectivity index (χ4v) is 4.42.